The van der Waals surface area contributed by atoms with E-state index in [-0.39, 0.29) is 23.5 Å². The molecule has 1 amide bonds. The van der Waals surface area contributed by atoms with Crippen molar-refractivity contribution in [1.82, 2.24) is 4.90 Å². The maximum absolute atomic E-state index is 12.2. The Morgan fingerprint density at radius 1 is 1.42 bits per heavy atom. The lowest BCUT2D eigenvalue weighted by molar-refractivity contribution is -0.0259. The zero-order chi connectivity index (χ0) is 13.8. The number of carbonyl (C=O) groups excluding carboxylic acids is 1. The van der Waals surface area contributed by atoms with E-state index in [0.717, 1.165) is 12.8 Å². The zero-order valence-corrected chi connectivity index (χ0v) is 10.8. The van der Waals surface area contributed by atoms with Crippen molar-refractivity contribution in [2.45, 2.75) is 25.9 Å². The van der Waals surface area contributed by atoms with Crippen molar-refractivity contribution in [3.8, 4) is 0 Å². The third-order valence-corrected chi connectivity index (χ3v) is 3.06. The van der Waals surface area contributed by atoms with Crippen molar-refractivity contribution >= 4 is 11.9 Å². The summed E-state index contributed by atoms with van der Waals surface area (Å²) in [4.78, 5) is 24.5. The van der Waals surface area contributed by atoms with E-state index in [0.29, 0.717) is 19.7 Å². The summed E-state index contributed by atoms with van der Waals surface area (Å²) in [6.45, 7) is 3.59. The lowest BCUT2D eigenvalue weighted by atomic mass is 10.1. The quantitative estimate of drug-likeness (QED) is 0.896. The van der Waals surface area contributed by atoms with Gasteiger partial charge in [0.1, 0.15) is 0 Å². The van der Waals surface area contributed by atoms with E-state index in [4.69, 9.17) is 14.3 Å². The van der Waals surface area contributed by atoms with Crippen LogP contribution in [0.3, 0.4) is 0 Å². The van der Waals surface area contributed by atoms with Crippen LogP contribution in [0.4, 0.5) is 0 Å². The number of morpholine rings is 1. The summed E-state index contributed by atoms with van der Waals surface area (Å²) in [6, 6.07) is 2.69. The van der Waals surface area contributed by atoms with E-state index in [2.05, 4.69) is 6.92 Å². The van der Waals surface area contributed by atoms with Gasteiger partial charge in [-0.15, -0.1) is 0 Å². The lowest BCUT2D eigenvalue weighted by Gasteiger charge is -2.32. The molecular formula is C13H17NO5. The molecule has 6 nitrogen and oxygen atoms in total. The van der Waals surface area contributed by atoms with Gasteiger partial charge in [-0.25, -0.2) is 4.79 Å². The van der Waals surface area contributed by atoms with E-state index in [9.17, 15) is 9.59 Å². The van der Waals surface area contributed by atoms with Crippen molar-refractivity contribution in [2.75, 3.05) is 19.7 Å². The Morgan fingerprint density at radius 2 is 2.16 bits per heavy atom. The highest BCUT2D eigenvalue weighted by atomic mass is 16.5. The predicted molar refractivity (Wildman–Crippen MR) is 66.2 cm³/mol. The average Bonchev–Trinajstić information content (AvgIpc) is 2.88. The fourth-order valence-electron chi connectivity index (χ4n) is 2.12. The average molecular weight is 267 g/mol. The summed E-state index contributed by atoms with van der Waals surface area (Å²) in [6.07, 6.45) is 1.95. The third-order valence-electron chi connectivity index (χ3n) is 3.06. The van der Waals surface area contributed by atoms with Crippen LogP contribution in [0.15, 0.2) is 16.5 Å². The summed E-state index contributed by atoms with van der Waals surface area (Å²) in [7, 11) is 0. The zero-order valence-electron chi connectivity index (χ0n) is 10.8. The molecule has 0 radical (unpaired) electrons. The van der Waals surface area contributed by atoms with Crippen LogP contribution in [0.25, 0.3) is 0 Å². The summed E-state index contributed by atoms with van der Waals surface area (Å²) < 4.78 is 10.6. The van der Waals surface area contributed by atoms with Gasteiger partial charge in [-0.1, -0.05) is 13.3 Å². The Labute approximate surface area is 110 Å². The molecule has 1 aromatic heterocycles. The molecule has 2 rings (SSSR count). The monoisotopic (exact) mass is 267 g/mol. The first-order valence-corrected chi connectivity index (χ1v) is 6.35. The van der Waals surface area contributed by atoms with Crippen molar-refractivity contribution in [3.63, 3.8) is 0 Å². The number of nitrogens with zero attached hydrogens (tertiary/aromatic N) is 1. The molecule has 1 unspecified atom stereocenters. The molecule has 1 aliphatic rings. The van der Waals surface area contributed by atoms with Gasteiger partial charge >= 0.3 is 5.97 Å². The van der Waals surface area contributed by atoms with E-state index in [1.54, 1.807) is 4.90 Å². The number of carbonyl (C=O) groups is 2. The molecule has 104 valence electrons. The summed E-state index contributed by atoms with van der Waals surface area (Å²) >= 11 is 0. The van der Waals surface area contributed by atoms with Gasteiger partial charge in [0.05, 0.1) is 12.7 Å². The van der Waals surface area contributed by atoms with Gasteiger partial charge in [-0.3, -0.25) is 4.79 Å². The molecule has 0 bridgehead atoms. The minimum absolute atomic E-state index is 0.0524. The second-order valence-electron chi connectivity index (χ2n) is 4.50. The molecule has 1 N–H and O–H groups in total. The van der Waals surface area contributed by atoms with Crippen LogP contribution in [0.2, 0.25) is 0 Å². The maximum Gasteiger partial charge on any atom is 0.371 e. The molecule has 2 heterocycles. The van der Waals surface area contributed by atoms with Crippen molar-refractivity contribution in [3.05, 3.63) is 23.7 Å². The molecule has 1 aliphatic heterocycles. The SMILES string of the molecule is CCCC1CN(C(=O)c2ccc(C(=O)O)o2)CCO1. The van der Waals surface area contributed by atoms with Gasteiger partial charge in [0.2, 0.25) is 5.76 Å². The molecule has 1 fully saturated rings. The van der Waals surface area contributed by atoms with Crippen LogP contribution in [-0.2, 0) is 4.74 Å². The van der Waals surface area contributed by atoms with Gasteiger partial charge < -0.3 is 19.2 Å². The largest absolute Gasteiger partial charge is 0.475 e. The highest BCUT2D eigenvalue weighted by Gasteiger charge is 2.26. The van der Waals surface area contributed by atoms with Gasteiger partial charge in [0.15, 0.2) is 5.76 Å². The van der Waals surface area contributed by atoms with Crippen molar-refractivity contribution in [1.29, 1.82) is 0 Å². The van der Waals surface area contributed by atoms with Crippen LogP contribution in [-0.4, -0.2) is 47.7 Å². The Morgan fingerprint density at radius 3 is 2.79 bits per heavy atom. The molecule has 0 spiro atoms. The van der Waals surface area contributed by atoms with E-state index < -0.39 is 5.97 Å². The fourth-order valence-corrected chi connectivity index (χ4v) is 2.12. The maximum atomic E-state index is 12.2. The fraction of sp³-hybridized carbons (Fsp3) is 0.538. The molecule has 6 heteroatoms. The predicted octanol–water partition coefficient (Wildman–Crippen LogP) is 1.62. The third kappa shape index (κ3) is 3.14. The van der Waals surface area contributed by atoms with Gasteiger partial charge in [0.25, 0.3) is 5.91 Å². The highest BCUT2D eigenvalue weighted by molar-refractivity contribution is 5.93. The Hall–Kier alpha value is -1.82. The minimum atomic E-state index is -1.18. The minimum Gasteiger partial charge on any atom is -0.475 e. The first kappa shape index (κ1) is 13.6. The second kappa shape index (κ2) is 5.88. The van der Waals surface area contributed by atoms with Gasteiger partial charge in [-0.05, 0) is 18.6 Å². The number of furan rings is 1. The van der Waals surface area contributed by atoms with E-state index >= 15 is 0 Å². The Kier molecular flexibility index (Phi) is 4.21. The molecule has 1 aromatic rings. The molecular weight excluding hydrogens is 250 g/mol. The number of aromatic carboxylic acids is 1. The molecule has 1 atom stereocenters. The Balaban J connectivity index is 2.03. The lowest BCUT2D eigenvalue weighted by Crippen LogP contribution is -2.45. The first-order chi connectivity index (χ1) is 9.11. The normalized spacial score (nSPS) is 19.4. The molecule has 0 aromatic carbocycles. The highest BCUT2D eigenvalue weighted by Crippen LogP contribution is 2.15. The smallest absolute Gasteiger partial charge is 0.371 e. The van der Waals surface area contributed by atoms with E-state index in [1.165, 1.54) is 12.1 Å². The van der Waals surface area contributed by atoms with Crippen LogP contribution in [0.1, 0.15) is 40.9 Å². The van der Waals surface area contributed by atoms with E-state index in [1.807, 2.05) is 0 Å². The number of hydrogen-bond donors (Lipinski definition) is 1. The van der Waals surface area contributed by atoms with Crippen LogP contribution in [0.5, 0.6) is 0 Å². The number of hydrogen-bond acceptors (Lipinski definition) is 4. The summed E-state index contributed by atoms with van der Waals surface area (Å²) in [5.74, 6) is -1.61. The van der Waals surface area contributed by atoms with Crippen LogP contribution < -0.4 is 0 Å². The van der Waals surface area contributed by atoms with Crippen molar-refractivity contribution < 1.29 is 23.8 Å². The number of carboxylic acid groups (broad SMARTS) is 1. The van der Waals surface area contributed by atoms with Crippen LogP contribution >= 0.6 is 0 Å². The topological polar surface area (TPSA) is 80.0 Å². The number of amides is 1. The van der Waals surface area contributed by atoms with Crippen LogP contribution in [0, 0.1) is 0 Å². The standard InChI is InChI=1S/C13H17NO5/c1-2-3-9-8-14(6-7-18-9)12(15)10-4-5-11(19-10)13(16)17/h4-5,9H,2-3,6-8H2,1H3,(H,16,17). The molecule has 19 heavy (non-hydrogen) atoms. The first-order valence-electron chi connectivity index (χ1n) is 6.35. The number of ether oxygens (including phenoxy) is 1. The van der Waals surface area contributed by atoms with Crippen molar-refractivity contribution in [2.24, 2.45) is 0 Å². The van der Waals surface area contributed by atoms with Gasteiger partial charge in [0, 0.05) is 13.1 Å². The summed E-state index contributed by atoms with van der Waals surface area (Å²) in [5.41, 5.74) is 0. The Bertz CT molecular complexity index is 465. The molecule has 0 saturated carbocycles. The molecule has 0 aliphatic carbocycles. The number of rotatable bonds is 4. The number of carboxylic acids is 1. The summed E-state index contributed by atoms with van der Waals surface area (Å²) in [5, 5.41) is 8.76. The second-order valence-corrected chi connectivity index (χ2v) is 4.50. The molecule has 1 saturated heterocycles. The van der Waals surface area contributed by atoms with Gasteiger partial charge in [-0.2, -0.15) is 0 Å².